The first-order chi connectivity index (χ1) is 12.6. The topological polar surface area (TPSA) is 50.2 Å². The molecule has 0 bridgehead atoms. The van der Waals surface area contributed by atoms with Crippen molar-refractivity contribution in [3.63, 3.8) is 0 Å². The molecule has 1 aliphatic rings. The second-order valence-corrected chi connectivity index (χ2v) is 6.98. The highest BCUT2D eigenvalue weighted by atomic mass is 35.5. The van der Waals surface area contributed by atoms with Crippen molar-refractivity contribution < 1.29 is 4.79 Å². The third-order valence-corrected chi connectivity index (χ3v) is 5.33. The van der Waals surface area contributed by atoms with Gasteiger partial charge in [-0.2, -0.15) is 0 Å². The Morgan fingerprint density at radius 2 is 2.00 bits per heavy atom. The van der Waals surface area contributed by atoms with Crippen LogP contribution in [0, 0.1) is 0 Å². The van der Waals surface area contributed by atoms with Crippen LogP contribution in [-0.4, -0.2) is 40.0 Å². The summed E-state index contributed by atoms with van der Waals surface area (Å²) in [6, 6.07) is 14.5. The Labute approximate surface area is 165 Å². The minimum atomic E-state index is -0.180. The number of nitrogens with one attached hydrogen (secondary N) is 1. The van der Waals surface area contributed by atoms with Gasteiger partial charge >= 0.3 is 0 Å². The maximum Gasteiger partial charge on any atom is 0.230 e. The molecule has 5 nitrogen and oxygen atoms in total. The van der Waals surface area contributed by atoms with Crippen LogP contribution >= 0.6 is 12.4 Å². The molecule has 27 heavy (non-hydrogen) atoms. The molecule has 0 aliphatic carbocycles. The van der Waals surface area contributed by atoms with Crippen LogP contribution in [0.5, 0.6) is 0 Å². The Bertz CT molecular complexity index is 939. The summed E-state index contributed by atoms with van der Waals surface area (Å²) in [6.45, 7) is 4.26. The van der Waals surface area contributed by atoms with Gasteiger partial charge in [0.15, 0.2) is 0 Å². The number of imidazole rings is 1. The summed E-state index contributed by atoms with van der Waals surface area (Å²) in [5.74, 6) is 0.909. The molecule has 1 N–H and O–H groups in total. The first kappa shape index (κ1) is 19.4. The summed E-state index contributed by atoms with van der Waals surface area (Å²) < 4.78 is 2.00. The van der Waals surface area contributed by atoms with Crippen LogP contribution in [0.25, 0.3) is 10.8 Å². The van der Waals surface area contributed by atoms with Gasteiger partial charge in [-0.25, -0.2) is 4.98 Å². The van der Waals surface area contributed by atoms with Gasteiger partial charge in [-0.05, 0) is 23.3 Å². The number of aromatic nitrogens is 2. The second kappa shape index (κ2) is 8.11. The highest BCUT2D eigenvalue weighted by molar-refractivity contribution is 5.88. The van der Waals surface area contributed by atoms with E-state index in [9.17, 15) is 4.79 Å². The number of fused-ring (bicyclic) bond motifs is 1. The standard InChI is InChI=1S/C21H24N4O.ClH/c1-15(17-8-7-16-5-3-4-6-18(16)13-17)21(26)25-12-9-22-14-19(25)20-23-10-11-24(20)2;/h3-8,10-11,13,15,19,22H,9,12,14H2,1-2H3;1H. The van der Waals surface area contributed by atoms with Crippen LogP contribution in [0.15, 0.2) is 54.9 Å². The van der Waals surface area contributed by atoms with Crippen molar-refractivity contribution in [1.82, 2.24) is 19.8 Å². The molecular formula is C21H25ClN4O. The third kappa shape index (κ3) is 3.70. The summed E-state index contributed by atoms with van der Waals surface area (Å²) in [5, 5.41) is 5.76. The van der Waals surface area contributed by atoms with Gasteiger partial charge in [0.2, 0.25) is 5.91 Å². The SMILES string of the molecule is CC(C(=O)N1CCNCC1c1nccn1C)c1ccc2ccccc2c1.Cl. The Kier molecular flexibility index (Phi) is 5.82. The van der Waals surface area contributed by atoms with Gasteiger partial charge in [-0.3, -0.25) is 4.79 Å². The molecule has 1 aromatic heterocycles. The number of hydrogen-bond acceptors (Lipinski definition) is 3. The number of rotatable bonds is 3. The lowest BCUT2D eigenvalue weighted by molar-refractivity contribution is -0.136. The summed E-state index contributed by atoms with van der Waals surface area (Å²) >= 11 is 0. The maximum atomic E-state index is 13.3. The first-order valence-corrected chi connectivity index (χ1v) is 9.12. The quantitative estimate of drug-likeness (QED) is 0.754. The zero-order valence-corrected chi connectivity index (χ0v) is 16.4. The van der Waals surface area contributed by atoms with Crippen molar-refractivity contribution in [3.05, 3.63) is 66.2 Å². The van der Waals surface area contributed by atoms with Crippen molar-refractivity contribution in [2.45, 2.75) is 18.9 Å². The van der Waals surface area contributed by atoms with Crippen molar-refractivity contribution >= 4 is 29.1 Å². The smallest absolute Gasteiger partial charge is 0.230 e. The molecule has 2 aromatic carbocycles. The molecule has 0 spiro atoms. The number of benzene rings is 2. The number of halogens is 1. The molecule has 6 heteroatoms. The lowest BCUT2D eigenvalue weighted by Gasteiger charge is -2.37. The first-order valence-electron chi connectivity index (χ1n) is 9.12. The molecule has 2 atom stereocenters. The molecule has 2 heterocycles. The summed E-state index contributed by atoms with van der Waals surface area (Å²) in [4.78, 5) is 19.8. The molecule has 0 radical (unpaired) electrons. The van der Waals surface area contributed by atoms with Gasteiger partial charge < -0.3 is 14.8 Å². The lowest BCUT2D eigenvalue weighted by atomic mass is 9.95. The summed E-state index contributed by atoms with van der Waals surface area (Å²) in [5.41, 5.74) is 1.06. The fraction of sp³-hybridized carbons (Fsp3) is 0.333. The van der Waals surface area contributed by atoms with E-state index in [2.05, 4.69) is 40.6 Å². The number of carbonyl (C=O) groups excluding carboxylic acids is 1. The van der Waals surface area contributed by atoms with E-state index in [0.717, 1.165) is 24.5 Å². The van der Waals surface area contributed by atoms with E-state index in [1.165, 1.54) is 10.8 Å². The van der Waals surface area contributed by atoms with E-state index in [-0.39, 0.29) is 30.3 Å². The number of aryl methyl sites for hydroxylation is 1. The van der Waals surface area contributed by atoms with Crippen molar-refractivity contribution in [1.29, 1.82) is 0 Å². The number of carbonyl (C=O) groups is 1. The van der Waals surface area contributed by atoms with E-state index < -0.39 is 0 Å². The zero-order chi connectivity index (χ0) is 18.1. The van der Waals surface area contributed by atoms with E-state index in [1.54, 1.807) is 6.20 Å². The van der Waals surface area contributed by atoms with Gasteiger partial charge in [0, 0.05) is 39.1 Å². The molecule has 3 aromatic rings. The Balaban J connectivity index is 0.00000210. The van der Waals surface area contributed by atoms with E-state index in [1.807, 2.05) is 41.8 Å². The number of nitrogens with zero attached hydrogens (tertiary/aromatic N) is 3. The Morgan fingerprint density at radius 3 is 2.74 bits per heavy atom. The highest BCUT2D eigenvalue weighted by Crippen LogP contribution is 2.28. The van der Waals surface area contributed by atoms with Crippen LogP contribution in [0.3, 0.4) is 0 Å². The third-order valence-electron chi connectivity index (χ3n) is 5.33. The van der Waals surface area contributed by atoms with Gasteiger partial charge in [0.1, 0.15) is 11.9 Å². The fourth-order valence-corrected chi connectivity index (χ4v) is 3.77. The normalized spacial score (nSPS) is 18.1. The predicted molar refractivity (Wildman–Crippen MR) is 110 cm³/mol. The molecule has 1 fully saturated rings. The predicted octanol–water partition coefficient (Wildman–Crippen LogP) is 3.27. The fourth-order valence-electron chi connectivity index (χ4n) is 3.77. The molecule has 1 aliphatic heterocycles. The van der Waals surface area contributed by atoms with E-state index in [4.69, 9.17) is 0 Å². The average Bonchev–Trinajstić information content (AvgIpc) is 3.12. The van der Waals surface area contributed by atoms with Crippen LogP contribution in [0.4, 0.5) is 0 Å². The van der Waals surface area contributed by atoms with Gasteiger partial charge in [0.25, 0.3) is 0 Å². The number of amides is 1. The number of hydrogen-bond donors (Lipinski definition) is 1. The van der Waals surface area contributed by atoms with Gasteiger partial charge in [-0.1, -0.05) is 42.5 Å². The largest absolute Gasteiger partial charge is 0.336 e. The molecule has 0 saturated carbocycles. The maximum absolute atomic E-state index is 13.3. The van der Waals surface area contributed by atoms with Crippen LogP contribution in [0.2, 0.25) is 0 Å². The van der Waals surface area contributed by atoms with Gasteiger partial charge in [-0.15, -0.1) is 12.4 Å². The van der Waals surface area contributed by atoms with E-state index >= 15 is 0 Å². The average molecular weight is 385 g/mol. The second-order valence-electron chi connectivity index (χ2n) is 6.98. The molecule has 142 valence electrons. The van der Waals surface area contributed by atoms with Crippen molar-refractivity contribution in [3.8, 4) is 0 Å². The Morgan fingerprint density at radius 1 is 1.22 bits per heavy atom. The minimum absolute atomic E-state index is 0. The zero-order valence-electron chi connectivity index (χ0n) is 15.6. The summed E-state index contributed by atoms with van der Waals surface area (Å²) in [7, 11) is 1.98. The van der Waals surface area contributed by atoms with Gasteiger partial charge in [0.05, 0.1) is 5.92 Å². The van der Waals surface area contributed by atoms with E-state index in [0.29, 0.717) is 6.54 Å². The number of piperazine rings is 1. The molecule has 2 unspecified atom stereocenters. The summed E-state index contributed by atoms with van der Waals surface area (Å²) in [6.07, 6.45) is 3.72. The molecule has 4 rings (SSSR count). The lowest BCUT2D eigenvalue weighted by Crippen LogP contribution is -2.50. The molecular weight excluding hydrogens is 360 g/mol. The molecule has 1 amide bonds. The van der Waals surface area contributed by atoms with Crippen LogP contribution in [-0.2, 0) is 11.8 Å². The minimum Gasteiger partial charge on any atom is -0.336 e. The van der Waals surface area contributed by atoms with Crippen molar-refractivity contribution in [2.75, 3.05) is 19.6 Å². The van der Waals surface area contributed by atoms with Crippen molar-refractivity contribution in [2.24, 2.45) is 7.05 Å². The monoisotopic (exact) mass is 384 g/mol. The van der Waals surface area contributed by atoms with Crippen LogP contribution in [0.1, 0.15) is 30.3 Å². The molecule has 1 saturated heterocycles. The van der Waals surface area contributed by atoms with Crippen LogP contribution < -0.4 is 5.32 Å². The highest BCUT2D eigenvalue weighted by Gasteiger charge is 2.33. The Hall–Kier alpha value is -2.37.